The Kier molecular flexibility index (Phi) is 4.58. The minimum absolute atomic E-state index is 0.0710. The number of benzene rings is 2. The first-order chi connectivity index (χ1) is 14.9. The van der Waals surface area contributed by atoms with Gasteiger partial charge in [0.2, 0.25) is 5.91 Å². The van der Waals surface area contributed by atoms with Crippen molar-refractivity contribution in [3.8, 4) is 0 Å². The molecule has 3 amide bonds. The lowest BCUT2D eigenvalue weighted by Crippen LogP contribution is -2.51. The number of nitrogens with zero attached hydrogens (tertiary/aromatic N) is 2. The van der Waals surface area contributed by atoms with Crippen molar-refractivity contribution in [2.75, 3.05) is 29.5 Å². The Morgan fingerprint density at radius 2 is 1.71 bits per heavy atom. The summed E-state index contributed by atoms with van der Waals surface area (Å²) in [7, 11) is -3.02. The summed E-state index contributed by atoms with van der Waals surface area (Å²) in [6.07, 6.45) is -0.166. The Labute approximate surface area is 179 Å². The van der Waals surface area contributed by atoms with E-state index in [0.29, 0.717) is 28.8 Å². The summed E-state index contributed by atoms with van der Waals surface area (Å²) in [6.45, 7) is 0.0238. The van der Waals surface area contributed by atoms with Crippen LogP contribution in [-0.2, 0) is 14.6 Å². The van der Waals surface area contributed by atoms with E-state index < -0.39 is 16.0 Å². The lowest BCUT2D eigenvalue weighted by molar-refractivity contribution is -0.122. The third-order valence-electron chi connectivity index (χ3n) is 6.11. The van der Waals surface area contributed by atoms with Crippen molar-refractivity contribution in [3.05, 3.63) is 65.2 Å². The fourth-order valence-electron chi connectivity index (χ4n) is 4.64. The lowest BCUT2D eigenvalue weighted by Gasteiger charge is -2.40. The van der Waals surface area contributed by atoms with Crippen molar-refractivity contribution in [3.63, 3.8) is 0 Å². The first-order valence-corrected chi connectivity index (χ1v) is 12.0. The molecule has 1 N–H and O–H groups in total. The molecule has 1 fully saturated rings. The number of sulfone groups is 1. The van der Waals surface area contributed by atoms with Gasteiger partial charge in [-0.3, -0.25) is 19.3 Å². The summed E-state index contributed by atoms with van der Waals surface area (Å²) in [6, 6.07) is 14.0. The van der Waals surface area contributed by atoms with Crippen LogP contribution in [0.15, 0.2) is 48.5 Å². The Bertz CT molecular complexity index is 1210. The smallest absolute Gasteiger partial charge is 0.260 e. The van der Waals surface area contributed by atoms with E-state index in [1.54, 1.807) is 53.4 Å². The van der Waals surface area contributed by atoms with Gasteiger partial charge in [0.15, 0.2) is 9.84 Å². The summed E-state index contributed by atoms with van der Waals surface area (Å²) in [4.78, 5) is 42.1. The van der Waals surface area contributed by atoms with Crippen LogP contribution in [0.25, 0.3) is 0 Å². The van der Waals surface area contributed by atoms with Crippen LogP contribution in [-0.4, -0.2) is 55.6 Å². The summed E-state index contributed by atoms with van der Waals surface area (Å²) < 4.78 is 23.3. The summed E-state index contributed by atoms with van der Waals surface area (Å²) in [5.41, 5.74) is 2.10. The molecule has 5 rings (SSSR count). The third kappa shape index (κ3) is 3.29. The van der Waals surface area contributed by atoms with Gasteiger partial charge >= 0.3 is 0 Å². The Morgan fingerprint density at radius 3 is 2.45 bits per heavy atom. The van der Waals surface area contributed by atoms with Gasteiger partial charge in [0.25, 0.3) is 11.8 Å². The SMILES string of the molecule is O=C(CN1C(=O)c2ccccc2N2C(=O)c3ccccc3[C@@H]12)NC[C@H]1CCS(=O)(=O)C1. The molecule has 0 aliphatic carbocycles. The molecule has 0 aromatic heterocycles. The summed E-state index contributed by atoms with van der Waals surface area (Å²) >= 11 is 0. The van der Waals surface area contributed by atoms with E-state index >= 15 is 0 Å². The molecule has 3 aliphatic rings. The number of hydrogen-bond acceptors (Lipinski definition) is 5. The summed E-state index contributed by atoms with van der Waals surface area (Å²) in [5, 5.41) is 2.77. The zero-order valence-electron chi connectivity index (χ0n) is 16.7. The maximum Gasteiger partial charge on any atom is 0.260 e. The van der Waals surface area contributed by atoms with Crippen molar-refractivity contribution >= 4 is 33.2 Å². The van der Waals surface area contributed by atoms with Crippen LogP contribution >= 0.6 is 0 Å². The molecule has 3 aliphatic heterocycles. The van der Waals surface area contributed by atoms with Gasteiger partial charge in [-0.05, 0) is 30.5 Å². The average molecular weight is 439 g/mol. The van der Waals surface area contributed by atoms with Crippen LogP contribution in [0, 0.1) is 5.92 Å². The Hall–Kier alpha value is -3.20. The molecule has 160 valence electrons. The number of fused-ring (bicyclic) bond motifs is 5. The number of para-hydroxylation sites is 1. The number of carbonyl (C=O) groups is 3. The fourth-order valence-corrected chi connectivity index (χ4v) is 6.50. The lowest BCUT2D eigenvalue weighted by atomic mass is 10.0. The van der Waals surface area contributed by atoms with Crippen molar-refractivity contribution in [1.82, 2.24) is 10.2 Å². The number of rotatable bonds is 4. The standard InChI is InChI=1S/C22H21N3O5S/c26-19(23-11-14-9-10-31(29,30)13-14)12-24-20-15-5-1-2-6-16(15)22(28)25(20)18-8-4-3-7-17(18)21(24)27/h1-8,14,20H,9-13H2,(H,23,26)/t14-,20+/m1/s1. The number of amides is 3. The molecule has 2 atom stereocenters. The van der Waals surface area contributed by atoms with Crippen LogP contribution in [0.5, 0.6) is 0 Å². The molecule has 8 nitrogen and oxygen atoms in total. The van der Waals surface area contributed by atoms with Gasteiger partial charge in [0.05, 0.1) is 22.8 Å². The highest BCUT2D eigenvalue weighted by molar-refractivity contribution is 7.91. The minimum Gasteiger partial charge on any atom is -0.354 e. The third-order valence-corrected chi connectivity index (χ3v) is 7.95. The molecule has 0 radical (unpaired) electrons. The Morgan fingerprint density at radius 1 is 1.00 bits per heavy atom. The first-order valence-electron chi connectivity index (χ1n) is 10.2. The van der Waals surface area contributed by atoms with E-state index in [1.807, 2.05) is 0 Å². The highest BCUT2D eigenvalue weighted by atomic mass is 32.2. The first kappa shape index (κ1) is 19.7. The normalized spacial score (nSPS) is 23.4. The molecule has 2 aromatic carbocycles. The number of carbonyl (C=O) groups excluding carboxylic acids is 3. The van der Waals surface area contributed by atoms with E-state index in [9.17, 15) is 22.8 Å². The van der Waals surface area contributed by atoms with Gasteiger partial charge < -0.3 is 10.2 Å². The van der Waals surface area contributed by atoms with Crippen LogP contribution in [0.1, 0.15) is 38.9 Å². The maximum atomic E-state index is 13.3. The van der Waals surface area contributed by atoms with E-state index in [0.717, 1.165) is 0 Å². The second kappa shape index (κ2) is 7.19. The second-order valence-corrected chi connectivity index (χ2v) is 10.4. The monoisotopic (exact) mass is 439 g/mol. The van der Waals surface area contributed by atoms with Crippen molar-refractivity contribution < 1.29 is 22.8 Å². The van der Waals surface area contributed by atoms with Crippen LogP contribution in [0.3, 0.4) is 0 Å². The zero-order valence-corrected chi connectivity index (χ0v) is 17.5. The Balaban J connectivity index is 1.42. The van der Waals surface area contributed by atoms with Gasteiger partial charge in [0, 0.05) is 17.7 Å². The maximum absolute atomic E-state index is 13.3. The minimum atomic E-state index is -3.02. The van der Waals surface area contributed by atoms with Gasteiger partial charge in [-0.1, -0.05) is 30.3 Å². The molecule has 0 saturated carbocycles. The molecule has 0 unspecified atom stereocenters. The van der Waals surface area contributed by atoms with Gasteiger partial charge in [-0.2, -0.15) is 0 Å². The molecule has 3 heterocycles. The van der Waals surface area contributed by atoms with Crippen molar-refractivity contribution in [1.29, 1.82) is 0 Å². The van der Waals surface area contributed by atoms with E-state index in [4.69, 9.17) is 0 Å². The molecule has 2 aromatic rings. The zero-order chi connectivity index (χ0) is 21.8. The van der Waals surface area contributed by atoms with Gasteiger partial charge in [-0.15, -0.1) is 0 Å². The topological polar surface area (TPSA) is 104 Å². The summed E-state index contributed by atoms with van der Waals surface area (Å²) in [5.74, 6) is -0.806. The quantitative estimate of drug-likeness (QED) is 0.775. The van der Waals surface area contributed by atoms with Crippen molar-refractivity contribution in [2.45, 2.75) is 12.6 Å². The highest BCUT2D eigenvalue weighted by Gasteiger charge is 2.48. The van der Waals surface area contributed by atoms with Crippen molar-refractivity contribution in [2.24, 2.45) is 5.92 Å². The van der Waals surface area contributed by atoms with Crippen LogP contribution in [0.4, 0.5) is 5.69 Å². The second-order valence-electron chi connectivity index (χ2n) is 8.16. The largest absolute Gasteiger partial charge is 0.354 e. The predicted molar refractivity (Wildman–Crippen MR) is 113 cm³/mol. The molecule has 0 spiro atoms. The molecule has 1 saturated heterocycles. The number of hydrogen-bond donors (Lipinski definition) is 1. The van der Waals surface area contributed by atoms with E-state index in [-0.39, 0.29) is 48.2 Å². The van der Waals surface area contributed by atoms with Gasteiger partial charge in [0.1, 0.15) is 12.7 Å². The fraction of sp³-hybridized carbons (Fsp3) is 0.318. The van der Waals surface area contributed by atoms with E-state index in [2.05, 4.69) is 5.32 Å². The average Bonchev–Trinajstić information content (AvgIpc) is 3.26. The molecule has 0 bridgehead atoms. The molecular formula is C22H21N3O5S. The van der Waals surface area contributed by atoms with Crippen LogP contribution in [0.2, 0.25) is 0 Å². The predicted octanol–water partition coefficient (Wildman–Crippen LogP) is 1.35. The highest BCUT2D eigenvalue weighted by Crippen LogP contribution is 2.44. The van der Waals surface area contributed by atoms with Gasteiger partial charge in [-0.25, -0.2) is 8.42 Å². The molecule has 9 heteroatoms. The number of anilines is 1. The molecule has 31 heavy (non-hydrogen) atoms. The molecular weight excluding hydrogens is 418 g/mol. The van der Waals surface area contributed by atoms with E-state index in [1.165, 1.54) is 4.90 Å². The van der Waals surface area contributed by atoms with Crippen LogP contribution < -0.4 is 10.2 Å². The number of nitrogens with one attached hydrogen (secondary N) is 1.